The normalized spacial score (nSPS) is 17.1. The molecular formula is C20H22ClFN2O3S. The Labute approximate surface area is 169 Å². The molecule has 1 unspecified atom stereocenters. The number of ether oxygens (including phenoxy) is 1. The molecule has 2 aromatic carbocycles. The van der Waals surface area contributed by atoms with Gasteiger partial charge >= 0.3 is 0 Å². The Kier molecular flexibility index (Phi) is 7.20. The van der Waals surface area contributed by atoms with Crippen molar-refractivity contribution in [3.63, 3.8) is 0 Å². The molecular weight excluding hydrogens is 403 g/mol. The summed E-state index contributed by atoms with van der Waals surface area (Å²) in [5.74, 6) is -0.323. The summed E-state index contributed by atoms with van der Waals surface area (Å²) in [6.07, 6.45) is 1.51. The van der Waals surface area contributed by atoms with Gasteiger partial charge in [0.25, 0.3) is 0 Å². The van der Waals surface area contributed by atoms with Crippen molar-refractivity contribution in [2.45, 2.75) is 6.04 Å². The fourth-order valence-electron chi connectivity index (χ4n) is 3.02. The van der Waals surface area contributed by atoms with Crippen molar-refractivity contribution in [2.24, 2.45) is 0 Å². The highest BCUT2D eigenvalue weighted by molar-refractivity contribution is 7.92. The summed E-state index contributed by atoms with van der Waals surface area (Å²) in [5, 5.41) is 1.72. The van der Waals surface area contributed by atoms with Crippen LogP contribution in [0.5, 0.6) is 0 Å². The molecule has 8 heteroatoms. The van der Waals surface area contributed by atoms with Crippen LogP contribution in [0.25, 0.3) is 6.08 Å². The van der Waals surface area contributed by atoms with Gasteiger partial charge in [0.2, 0.25) is 10.0 Å². The Balaban J connectivity index is 1.70. The molecule has 1 aliphatic heterocycles. The Morgan fingerprint density at radius 2 is 1.75 bits per heavy atom. The van der Waals surface area contributed by atoms with Crippen LogP contribution in [0.3, 0.4) is 0 Å². The molecule has 1 heterocycles. The first-order valence-corrected chi connectivity index (χ1v) is 10.9. The summed E-state index contributed by atoms with van der Waals surface area (Å²) in [4.78, 5) is 2.14. The summed E-state index contributed by atoms with van der Waals surface area (Å²) in [6, 6.07) is 12.8. The number of nitrogens with one attached hydrogen (secondary N) is 1. The molecule has 1 atom stereocenters. The van der Waals surface area contributed by atoms with Gasteiger partial charge in [0.05, 0.1) is 13.2 Å². The Morgan fingerprint density at radius 3 is 2.39 bits per heavy atom. The van der Waals surface area contributed by atoms with Crippen LogP contribution in [-0.4, -0.2) is 46.2 Å². The molecule has 0 bridgehead atoms. The minimum atomic E-state index is -3.64. The summed E-state index contributed by atoms with van der Waals surface area (Å²) in [5.41, 5.74) is 1.59. The van der Waals surface area contributed by atoms with E-state index in [0.717, 1.165) is 16.5 Å². The Hall–Kier alpha value is -1.77. The van der Waals surface area contributed by atoms with Gasteiger partial charge in [-0.3, -0.25) is 4.90 Å². The second-order valence-corrected chi connectivity index (χ2v) is 8.55. The number of rotatable bonds is 7. The maximum atomic E-state index is 13.3. The molecule has 0 amide bonds. The van der Waals surface area contributed by atoms with Gasteiger partial charge in [0.1, 0.15) is 5.82 Å². The maximum Gasteiger partial charge on any atom is 0.233 e. The summed E-state index contributed by atoms with van der Waals surface area (Å²) in [6.45, 7) is 2.72. The van der Waals surface area contributed by atoms with E-state index in [2.05, 4.69) is 9.62 Å². The summed E-state index contributed by atoms with van der Waals surface area (Å²) < 4.78 is 46.1. The molecule has 1 aliphatic rings. The standard InChI is InChI=1S/C20H22ClFN2O3S/c21-18-5-1-16(2-6-18)9-14-28(25,26)23-15-20(24-10-12-27-13-11-24)17-3-7-19(22)8-4-17/h1-9,14,20,23H,10-13,15H2/b14-9+. The van der Waals surface area contributed by atoms with Gasteiger partial charge in [-0.15, -0.1) is 0 Å². The van der Waals surface area contributed by atoms with E-state index in [1.807, 2.05) is 0 Å². The molecule has 0 radical (unpaired) electrons. The predicted octanol–water partition coefficient (Wildman–Crippen LogP) is 3.44. The Morgan fingerprint density at radius 1 is 1.11 bits per heavy atom. The van der Waals surface area contributed by atoms with Crippen molar-refractivity contribution in [3.05, 3.63) is 75.9 Å². The first-order valence-electron chi connectivity index (χ1n) is 8.93. The first kappa shape index (κ1) is 21.0. The van der Waals surface area contributed by atoms with Crippen LogP contribution >= 0.6 is 11.6 Å². The van der Waals surface area contributed by atoms with Crippen molar-refractivity contribution in [2.75, 3.05) is 32.8 Å². The average Bonchev–Trinajstić information content (AvgIpc) is 2.70. The second-order valence-electron chi connectivity index (χ2n) is 6.46. The number of hydrogen-bond donors (Lipinski definition) is 1. The van der Waals surface area contributed by atoms with E-state index in [4.69, 9.17) is 16.3 Å². The van der Waals surface area contributed by atoms with Crippen molar-refractivity contribution >= 4 is 27.7 Å². The molecule has 0 aromatic heterocycles. The zero-order chi connectivity index (χ0) is 20.0. The lowest BCUT2D eigenvalue weighted by Gasteiger charge is -2.34. The topological polar surface area (TPSA) is 58.6 Å². The van der Waals surface area contributed by atoms with Crippen LogP contribution in [-0.2, 0) is 14.8 Å². The van der Waals surface area contributed by atoms with Gasteiger partial charge in [-0.2, -0.15) is 0 Å². The van der Waals surface area contributed by atoms with E-state index < -0.39 is 10.0 Å². The number of sulfonamides is 1. The van der Waals surface area contributed by atoms with Crippen LogP contribution in [0.4, 0.5) is 4.39 Å². The van der Waals surface area contributed by atoms with Crippen LogP contribution in [0.1, 0.15) is 17.2 Å². The smallest absolute Gasteiger partial charge is 0.233 e. The summed E-state index contributed by atoms with van der Waals surface area (Å²) >= 11 is 5.84. The third-order valence-corrected chi connectivity index (χ3v) is 5.84. The molecule has 0 spiro atoms. The molecule has 3 rings (SSSR count). The second kappa shape index (κ2) is 9.62. The number of morpholine rings is 1. The molecule has 150 valence electrons. The van der Waals surface area contributed by atoms with Gasteiger partial charge in [0, 0.05) is 36.1 Å². The third-order valence-electron chi connectivity index (χ3n) is 4.53. The maximum absolute atomic E-state index is 13.3. The van der Waals surface area contributed by atoms with Gasteiger partial charge in [-0.1, -0.05) is 35.9 Å². The molecule has 2 aromatic rings. The molecule has 0 aliphatic carbocycles. The average molecular weight is 425 g/mol. The number of benzene rings is 2. The van der Waals surface area contributed by atoms with Crippen molar-refractivity contribution in [1.82, 2.24) is 9.62 Å². The monoisotopic (exact) mass is 424 g/mol. The zero-order valence-corrected chi connectivity index (χ0v) is 16.8. The highest BCUT2D eigenvalue weighted by Gasteiger charge is 2.24. The van der Waals surface area contributed by atoms with E-state index in [1.165, 1.54) is 18.2 Å². The van der Waals surface area contributed by atoms with E-state index in [9.17, 15) is 12.8 Å². The van der Waals surface area contributed by atoms with Gasteiger partial charge in [-0.05, 0) is 41.5 Å². The van der Waals surface area contributed by atoms with Gasteiger partial charge < -0.3 is 4.74 Å². The van der Waals surface area contributed by atoms with Gasteiger partial charge in [0.15, 0.2) is 0 Å². The lowest BCUT2D eigenvalue weighted by atomic mass is 10.0. The van der Waals surface area contributed by atoms with Crippen molar-refractivity contribution in [1.29, 1.82) is 0 Å². The summed E-state index contributed by atoms with van der Waals surface area (Å²) in [7, 11) is -3.64. The highest BCUT2D eigenvalue weighted by Crippen LogP contribution is 2.22. The van der Waals surface area contributed by atoms with Crippen molar-refractivity contribution in [3.8, 4) is 0 Å². The molecule has 1 fully saturated rings. The molecule has 5 nitrogen and oxygen atoms in total. The lowest BCUT2D eigenvalue weighted by molar-refractivity contribution is 0.0172. The fraction of sp³-hybridized carbons (Fsp3) is 0.300. The third kappa shape index (κ3) is 6.12. The number of hydrogen-bond acceptors (Lipinski definition) is 4. The predicted molar refractivity (Wildman–Crippen MR) is 109 cm³/mol. The molecule has 1 N–H and O–H groups in total. The van der Waals surface area contributed by atoms with E-state index in [-0.39, 0.29) is 18.4 Å². The number of nitrogens with zero attached hydrogens (tertiary/aromatic N) is 1. The van der Waals surface area contributed by atoms with Crippen LogP contribution in [0.2, 0.25) is 5.02 Å². The minimum absolute atomic E-state index is 0.179. The fourth-order valence-corrected chi connectivity index (χ4v) is 3.97. The quantitative estimate of drug-likeness (QED) is 0.739. The zero-order valence-electron chi connectivity index (χ0n) is 15.2. The van der Waals surface area contributed by atoms with Crippen molar-refractivity contribution < 1.29 is 17.5 Å². The highest BCUT2D eigenvalue weighted by atomic mass is 35.5. The first-order chi connectivity index (χ1) is 13.4. The van der Waals surface area contributed by atoms with E-state index >= 15 is 0 Å². The number of halogens is 2. The van der Waals surface area contributed by atoms with Crippen LogP contribution in [0, 0.1) is 5.82 Å². The largest absolute Gasteiger partial charge is 0.379 e. The molecule has 28 heavy (non-hydrogen) atoms. The van der Waals surface area contributed by atoms with E-state index in [1.54, 1.807) is 36.4 Å². The van der Waals surface area contributed by atoms with Crippen LogP contribution in [0.15, 0.2) is 53.9 Å². The Bertz CT molecular complexity index is 896. The SMILES string of the molecule is O=S(=O)(/C=C/c1ccc(Cl)cc1)NCC(c1ccc(F)cc1)N1CCOCC1. The molecule has 0 saturated carbocycles. The van der Waals surface area contributed by atoms with E-state index in [0.29, 0.717) is 31.3 Å². The lowest BCUT2D eigenvalue weighted by Crippen LogP contribution is -2.43. The molecule has 1 saturated heterocycles. The minimum Gasteiger partial charge on any atom is -0.379 e. The van der Waals surface area contributed by atoms with Crippen LogP contribution < -0.4 is 4.72 Å². The van der Waals surface area contributed by atoms with Gasteiger partial charge in [-0.25, -0.2) is 17.5 Å².